The monoisotopic (exact) mass is 371 g/mol. The summed E-state index contributed by atoms with van der Waals surface area (Å²) in [6, 6.07) is 12.9. The van der Waals surface area contributed by atoms with Crippen molar-refractivity contribution in [3.8, 4) is 0 Å². The Morgan fingerprint density at radius 1 is 1.11 bits per heavy atom. The van der Waals surface area contributed by atoms with Gasteiger partial charge in [0, 0.05) is 5.92 Å². The summed E-state index contributed by atoms with van der Waals surface area (Å²) in [6.07, 6.45) is 4.86. The summed E-state index contributed by atoms with van der Waals surface area (Å²) >= 11 is 0. The summed E-state index contributed by atoms with van der Waals surface area (Å²) in [5.74, 6) is 0.684. The van der Waals surface area contributed by atoms with Gasteiger partial charge in [-0.1, -0.05) is 49.6 Å². The van der Waals surface area contributed by atoms with Gasteiger partial charge >= 0.3 is 5.97 Å². The van der Waals surface area contributed by atoms with Crippen LogP contribution >= 0.6 is 0 Å². The molecule has 0 saturated heterocycles. The van der Waals surface area contributed by atoms with E-state index in [9.17, 15) is 9.90 Å². The van der Waals surface area contributed by atoms with Crippen LogP contribution < -0.4 is 0 Å². The number of carbonyl (C=O) groups excluding carboxylic acids is 1. The number of furan rings is 1. The van der Waals surface area contributed by atoms with Crippen LogP contribution in [-0.2, 0) is 28.3 Å². The first-order valence-electron chi connectivity index (χ1n) is 9.67. The molecule has 2 aromatic rings. The van der Waals surface area contributed by atoms with Gasteiger partial charge < -0.3 is 19.2 Å². The molecular weight excluding hydrogens is 342 g/mol. The normalized spacial score (nSPS) is 17.6. The molecule has 1 aromatic heterocycles. The van der Waals surface area contributed by atoms with Gasteiger partial charge in [0.1, 0.15) is 18.1 Å². The molecule has 0 amide bonds. The minimum atomic E-state index is -1.61. The molecule has 0 spiro atoms. The lowest BCUT2D eigenvalue weighted by molar-refractivity contribution is -0.177. The first-order chi connectivity index (χ1) is 13.0. The second kappa shape index (κ2) is 8.72. The summed E-state index contributed by atoms with van der Waals surface area (Å²) in [5.41, 5.74) is -1.00. The predicted octanol–water partition coefficient (Wildman–Crippen LogP) is 3.85. The molecule has 1 aromatic carbocycles. The van der Waals surface area contributed by atoms with Crippen LogP contribution in [0.2, 0.25) is 0 Å². The van der Waals surface area contributed by atoms with E-state index in [1.807, 2.05) is 49.3 Å². The van der Waals surface area contributed by atoms with E-state index in [4.69, 9.17) is 9.15 Å². The van der Waals surface area contributed by atoms with E-state index in [-0.39, 0.29) is 12.5 Å². The van der Waals surface area contributed by atoms with Crippen LogP contribution in [0.15, 0.2) is 46.9 Å². The van der Waals surface area contributed by atoms with Crippen molar-refractivity contribution in [3.63, 3.8) is 0 Å². The highest BCUT2D eigenvalue weighted by molar-refractivity contribution is 5.81. The number of rotatable bonds is 7. The fourth-order valence-corrected chi connectivity index (χ4v) is 3.88. The van der Waals surface area contributed by atoms with Crippen molar-refractivity contribution in [3.05, 3.63) is 59.5 Å². The number of esters is 1. The zero-order valence-electron chi connectivity index (χ0n) is 16.2. The van der Waals surface area contributed by atoms with Crippen LogP contribution in [0.3, 0.4) is 0 Å². The fourth-order valence-electron chi connectivity index (χ4n) is 3.88. The Labute approximate surface area is 160 Å². The Bertz CT molecular complexity index is 734. The molecular formula is C22H29NO4. The van der Waals surface area contributed by atoms with Gasteiger partial charge in [-0.15, -0.1) is 0 Å². The zero-order chi connectivity index (χ0) is 19.3. The minimum absolute atomic E-state index is 0.0219. The summed E-state index contributed by atoms with van der Waals surface area (Å²) in [4.78, 5) is 15.0. The van der Waals surface area contributed by atoms with E-state index in [0.29, 0.717) is 17.9 Å². The van der Waals surface area contributed by atoms with E-state index in [1.165, 1.54) is 0 Å². The molecule has 1 heterocycles. The zero-order valence-corrected chi connectivity index (χ0v) is 16.2. The molecule has 1 fully saturated rings. The molecule has 27 heavy (non-hydrogen) atoms. The fraction of sp³-hybridized carbons (Fsp3) is 0.500. The second-order valence-electron chi connectivity index (χ2n) is 7.65. The number of aliphatic hydroxyl groups is 1. The number of hydrogen-bond acceptors (Lipinski definition) is 5. The first-order valence-corrected chi connectivity index (χ1v) is 9.67. The van der Waals surface area contributed by atoms with Gasteiger partial charge in [-0.3, -0.25) is 0 Å². The van der Waals surface area contributed by atoms with Crippen LogP contribution in [0.4, 0.5) is 0 Å². The van der Waals surface area contributed by atoms with Crippen molar-refractivity contribution in [2.45, 2.75) is 50.9 Å². The van der Waals surface area contributed by atoms with Crippen LogP contribution in [0.5, 0.6) is 0 Å². The molecule has 0 bridgehead atoms. The minimum Gasteiger partial charge on any atom is -0.461 e. The van der Waals surface area contributed by atoms with E-state index in [1.54, 1.807) is 12.1 Å². The maximum absolute atomic E-state index is 13.0. The van der Waals surface area contributed by atoms with Gasteiger partial charge in [-0.25, -0.2) is 4.79 Å². The molecule has 146 valence electrons. The SMILES string of the molecule is CN(C)Cc1ccc(COC(=O)[C@](O)(c2ccccc2)C2CCCCC2)o1. The van der Waals surface area contributed by atoms with E-state index in [2.05, 4.69) is 0 Å². The Hall–Kier alpha value is -2.11. The molecule has 3 rings (SSSR count). The van der Waals surface area contributed by atoms with Crippen molar-refractivity contribution in [2.24, 2.45) is 5.92 Å². The number of carbonyl (C=O) groups is 1. The molecule has 1 atom stereocenters. The number of ether oxygens (including phenoxy) is 1. The molecule has 5 nitrogen and oxygen atoms in total. The Morgan fingerprint density at radius 3 is 2.44 bits per heavy atom. The first kappa shape index (κ1) is 19.6. The molecule has 1 N–H and O–H groups in total. The molecule has 1 saturated carbocycles. The Morgan fingerprint density at radius 2 is 1.78 bits per heavy atom. The highest BCUT2D eigenvalue weighted by Gasteiger charge is 2.47. The highest BCUT2D eigenvalue weighted by atomic mass is 16.6. The van der Waals surface area contributed by atoms with Gasteiger partial charge in [-0.05, 0) is 44.6 Å². The lowest BCUT2D eigenvalue weighted by Crippen LogP contribution is -2.45. The summed E-state index contributed by atoms with van der Waals surface area (Å²) in [6.45, 7) is 0.706. The van der Waals surface area contributed by atoms with Gasteiger partial charge in [0.15, 0.2) is 5.60 Å². The maximum atomic E-state index is 13.0. The number of hydrogen-bond donors (Lipinski definition) is 1. The topological polar surface area (TPSA) is 62.9 Å². The van der Waals surface area contributed by atoms with Crippen molar-refractivity contribution < 1.29 is 19.1 Å². The van der Waals surface area contributed by atoms with Crippen molar-refractivity contribution >= 4 is 5.97 Å². The molecule has 1 aliphatic carbocycles. The lowest BCUT2D eigenvalue weighted by Gasteiger charge is -2.36. The molecule has 0 radical (unpaired) electrons. The van der Waals surface area contributed by atoms with E-state index < -0.39 is 11.6 Å². The maximum Gasteiger partial charge on any atom is 0.343 e. The van der Waals surface area contributed by atoms with E-state index >= 15 is 0 Å². The van der Waals surface area contributed by atoms with Crippen LogP contribution in [0, 0.1) is 5.92 Å². The number of nitrogens with zero attached hydrogens (tertiary/aromatic N) is 1. The largest absolute Gasteiger partial charge is 0.461 e. The number of benzene rings is 1. The standard InChI is InChI=1S/C22H29NO4/c1-23(2)15-19-13-14-20(27-19)16-26-21(24)22(25,17-9-5-3-6-10-17)18-11-7-4-8-12-18/h3,5-6,9-10,13-14,18,25H,4,7-8,11-12,15-16H2,1-2H3/t22-/m0/s1. The van der Waals surface area contributed by atoms with Crippen LogP contribution in [-0.4, -0.2) is 30.1 Å². The summed E-state index contributed by atoms with van der Waals surface area (Å²) in [5, 5.41) is 11.5. The molecule has 5 heteroatoms. The van der Waals surface area contributed by atoms with Crippen LogP contribution in [0.1, 0.15) is 49.2 Å². The van der Waals surface area contributed by atoms with Gasteiger partial charge in [0.2, 0.25) is 0 Å². The molecule has 1 aliphatic rings. The quantitative estimate of drug-likeness (QED) is 0.749. The third-order valence-electron chi connectivity index (χ3n) is 5.26. The van der Waals surface area contributed by atoms with Crippen LogP contribution in [0.25, 0.3) is 0 Å². The third-order valence-corrected chi connectivity index (χ3v) is 5.26. The second-order valence-corrected chi connectivity index (χ2v) is 7.65. The Balaban J connectivity index is 1.74. The molecule has 0 aliphatic heterocycles. The van der Waals surface area contributed by atoms with Crippen molar-refractivity contribution in [2.75, 3.05) is 14.1 Å². The average Bonchev–Trinajstić information content (AvgIpc) is 3.13. The average molecular weight is 371 g/mol. The summed E-state index contributed by atoms with van der Waals surface area (Å²) < 4.78 is 11.2. The third kappa shape index (κ3) is 4.60. The lowest BCUT2D eigenvalue weighted by atomic mass is 9.73. The molecule has 0 unspecified atom stereocenters. The Kier molecular flexibility index (Phi) is 6.34. The summed E-state index contributed by atoms with van der Waals surface area (Å²) in [7, 11) is 3.93. The van der Waals surface area contributed by atoms with Gasteiger partial charge in [-0.2, -0.15) is 0 Å². The van der Waals surface area contributed by atoms with Gasteiger partial charge in [0.05, 0.1) is 6.54 Å². The van der Waals surface area contributed by atoms with Crippen molar-refractivity contribution in [1.82, 2.24) is 4.90 Å². The smallest absolute Gasteiger partial charge is 0.343 e. The predicted molar refractivity (Wildman–Crippen MR) is 103 cm³/mol. The highest BCUT2D eigenvalue weighted by Crippen LogP contribution is 2.40. The van der Waals surface area contributed by atoms with Crippen molar-refractivity contribution in [1.29, 1.82) is 0 Å². The van der Waals surface area contributed by atoms with E-state index in [0.717, 1.165) is 37.9 Å². The van der Waals surface area contributed by atoms with Gasteiger partial charge in [0.25, 0.3) is 0 Å².